The molecule has 2 aromatic carbocycles. The lowest BCUT2D eigenvalue weighted by Crippen LogP contribution is -2.12. The Morgan fingerprint density at radius 1 is 1.03 bits per heavy atom. The summed E-state index contributed by atoms with van der Waals surface area (Å²) >= 11 is 0. The number of hydrogen-bond donors (Lipinski definition) is 0. The van der Waals surface area contributed by atoms with E-state index >= 15 is 0 Å². The van der Waals surface area contributed by atoms with Crippen LogP contribution >= 0.6 is 0 Å². The van der Waals surface area contributed by atoms with Crippen LogP contribution in [0, 0.1) is 10.1 Å². The van der Waals surface area contributed by atoms with Gasteiger partial charge in [-0.1, -0.05) is 6.92 Å². The average molecular weight is 411 g/mol. The lowest BCUT2D eigenvalue weighted by atomic mass is 10.1. The standard InChI is InChI=1S/C21H17NO8/c1-3-12-10-19(23)30-18-11-16(5-6-17(12)18)29-21(25)14-7-13(20(24)28-4-2)8-15(9-14)22(26)27/h5-11H,3-4H2,1-2H3. The Morgan fingerprint density at radius 2 is 1.73 bits per heavy atom. The maximum Gasteiger partial charge on any atom is 0.343 e. The van der Waals surface area contributed by atoms with Crippen molar-refractivity contribution in [2.75, 3.05) is 6.61 Å². The number of carbonyl (C=O) groups is 2. The molecule has 0 saturated heterocycles. The van der Waals surface area contributed by atoms with Crippen LogP contribution in [0.25, 0.3) is 11.0 Å². The number of nitrogens with zero attached hydrogens (tertiary/aromatic N) is 1. The van der Waals surface area contributed by atoms with Gasteiger partial charge in [0.1, 0.15) is 11.3 Å². The van der Waals surface area contributed by atoms with E-state index in [0.717, 1.165) is 23.8 Å². The molecule has 0 aliphatic heterocycles. The molecule has 9 heteroatoms. The van der Waals surface area contributed by atoms with Crippen molar-refractivity contribution in [1.29, 1.82) is 0 Å². The second-order valence-electron chi connectivity index (χ2n) is 6.24. The molecule has 0 amide bonds. The highest BCUT2D eigenvalue weighted by molar-refractivity contribution is 5.97. The first-order valence-corrected chi connectivity index (χ1v) is 9.08. The molecule has 0 radical (unpaired) electrons. The fourth-order valence-electron chi connectivity index (χ4n) is 2.90. The predicted octanol–water partition coefficient (Wildman–Crippen LogP) is 3.66. The van der Waals surface area contributed by atoms with E-state index in [1.807, 2.05) is 6.92 Å². The SMILES string of the molecule is CCOC(=O)c1cc(C(=O)Oc2ccc3c(CC)cc(=O)oc3c2)cc([N+](=O)[O-])c1. The van der Waals surface area contributed by atoms with Crippen LogP contribution in [0.2, 0.25) is 0 Å². The first kappa shape index (κ1) is 20.7. The van der Waals surface area contributed by atoms with Crippen molar-refractivity contribution >= 4 is 28.6 Å². The molecule has 0 bridgehead atoms. The third-order valence-corrected chi connectivity index (χ3v) is 4.27. The zero-order valence-corrected chi connectivity index (χ0v) is 16.2. The van der Waals surface area contributed by atoms with Gasteiger partial charge in [0.05, 0.1) is 22.7 Å². The molecule has 1 heterocycles. The zero-order chi connectivity index (χ0) is 21.8. The number of rotatable bonds is 6. The van der Waals surface area contributed by atoms with Crippen molar-refractivity contribution in [3.05, 3.63) is 79.7 Å². The Hall–Kier alpha value is -4.01. The fourth-order valence-corrected chi connectivity index (χ4v) is 2.90. The summed E-state index contributed by atoms with van der Waals surface area (Å²) in [5.41, 5.74) is -0.288. The van der Waals surface area contributed by atoms with Crippen molar-refractivity contribution in [1.82, 2.24) is 0 Å². The molecule has 0 unspecified atom stereocenters. The topological polar surface area (TPSA) is 126 Å². The number of ether oxygens (including phenoxy) is 2. The van der Waals surface area contributed by atoms with Crippen LogP contribution in [0.1, 0.15) is 40.1 Å². The molecule has 9 nitrogen and oxygen atoms in total. The third-order valence-electron chi connectivity index (χ3n) is 4.27. The summed E-state index contributed by atoms with van der Waals surface area (Å²) in [4.78, 5) is 46.6. The molecule has 0 aliphatic rings. The van der Waals surface area contributed by atoms with Gasteiger partial charge in [0.25, 0.3) is 5.69 Å². The highest BCUT2D eigenvalue weighted by Gasteiger charge is 2.20. The van der Waals surface area contributed by atoms with Crippen LogP contribution in [0.15, 0.2) is 51.7 Å². The van der Waals surface area contributed by atoms with Crippen LogP contribution in [-0.2, 0) is 11.2 Å². The monoisotopic (exact) mass is 411 g/mol. The van der Waals surface area contributed by atoms with Crippen molar-refractivity contribution in [3.63, 3.8) is 0 Å². The minimum Gasteiger partial charge on any atom is -0.462 e. The summed E-state index contributed by atoms with van der Waals surface area (Å²) in [5.74, 6) is -1.64. The summed E-state index contributed by atoms with van der Waals surface area (Å²) in [6.45, 7) is 3.56. The van der Waals surface area contributed by atoms with Gasteiger partial charge < -0.3 is 13.9 Å². The molecule has 3 aromatic rings. The number of esters is 2. The highest BCUT2D eigenvalue weighted by atomic mass is 16.6. The molecule has 0 saturated carbocycles. The van der Waals surface area contributed by atoms with Crippen LogP contribution in [-0.4, -0.2) is 23.5 Å². The number of fused-ring (bicyclic) bond motifs is 1. The second-order valence-corrected chi connectivity index (χ2v) is 6.24. The first-order valence-electron chi connectivity index (χ1n) is 9.08. The summed E-state index contributed by atoms with van der Waals surface area (Å²) in [6.07, 6.45) is 0.617. The smallest absolute Gasteiger partial charge is 0.343 e. The summed E-state index contributed by atoms with van der Waals surface area (Å²) in [5, 5.41) is 11.9. The third kappa shape index (κ3) is 4.35. The number of nitro benzene ring substituents is 1. The van der Waals surface area contributed by atoms with Gasteiger partial charge in [-0.15, -0.1) is 0 Å². The van der Waals surface area contributed by atoms with Crippen LogP contribution < -0.4 is 10.4 Å². The Balaban J connectivity index is 1.96. The molecule has 1 aromatic heterocycles. The largest absolute Gasteiger partial charge is 0.462 e. The van der Waals surface area contributed by atoms with E-state index in [1.165, 1.54) is 18.2 Å². The Bertz CT molecular complexity index is 1210. The lowest BCUT2D eigenvalue weighted by molar-refractivity contribution is -0.384. The minimum atomic E-state index is -0.919. The van der Waals surface area contributed by atoms with Gasteiger partial charge in [0.15, 0.2) is 0 Å². The summed E-state index contributed by atoms with van der Waals surface area (Å²) in [7, 11) is 0. The molecule has 30 heavy (non-hydrogen) atoms. The van der Waals surface area contributed by atoms with Crippen molar-refractivity contribution < 1.29 is 28.4 Å². The fraction of sp³-hybridized carbons (Fsp3) is 0.190. The van der Waals surface area contributed by atoms with E-state index in [1.54, 1.807) is 13.0 Å². The molecule has 0 fully saturated rings. The maximum atomic E-state index is 12.6. The lowest BCUT2D eigenvalue weighted by Gasteiger charge is -2.08. The van der Waals surface area contributed by atoms with E-state index in [-0.39, 0.29) is 29.1 Å². The van der Waals surface area contributed by atoms with Gasteiger partial charge in [0, 0.05) is 29.7 Å². The molecule has 154 valence electrons. The van der Waals surface area contributed by atoms with E-state index in [9.17, 15) is 24.5 Å². The molecule has 0 N–H and O–H groups in total. The van der Waals surface area contributed by atoms with Crippen LogP contribution in [0.4, 0.5) is 5.69 Å². The first-order chi connectivity index (χ1) is 14.3. The molecule has 0 spiro atoms. The van der Waals surface area contributed by atoms with Crippen LogP contribution in [0.5, 0.6) is 5.75 Å². The number of hydrogen-bond acceptors (Lipinski definition) is 8. The molecular formula is C21H17NO8. The molecule has 0 atom stereocenters. The number of nitro groups is 1. The Morgan fingerprint density at radius 3 is 2.37 bits per heavy atom. The van der Waals surface area contributed by atoms with Crippen LogP contribution in [0.3, 0.4) is 0 Å². The molecular weight excluding hydrogens is 394 g/mol. The molecule has 0 aliphatic carbocycles. The van der Waals surface area contributed by atoms with Gasteiger partial charge in [-0.05, 0) is 37.1 Å². The van der Waals surface area contributed by atoms with E-state index in [0.29, 0.717) is 11.8 Å². The molecule has 3 rings (SSSR count). The number of non-ortho nitro benzene ring substituents is 1. The van der Waals surface area contributed by atoms with Crippen molar-refractivity contribution in [2.24, 2.45) is 0 Å². The minimum absolute atomic E-state index is 0.0728. The second kappa shape index (κ2) is 8.56. The normalized spacial score (nSPS) is 10.6. The number of benzene rings is 2. The Kier molecular flexibility index (Phi) is 5.91. The van der Waals surface area contributed by atoms with E-state index < -0.39 is 28.2 Å². The Labute approximate surface area is 170 Å². The van der Waals surface area contributed by atoms with Crippen molar-refractivity contribution in [3.8, 4) is 5.75 Å². The number of carbonyl (C=O) groups excluding carboxylic acids is 2. The quantitative estimate of drug-likeness (QED) is 0.198. The van der Waals surface area contributed by atoms with Crippen molar-refractivity contribution in [2.45, 2.75) is 20.3 Å². The van der Waals surface area contributed by atoms with Gasteiger partial charge in [-0.25, -0.2) is 14.4 Å². The number of aryl methyl sites for hydroxylation is 1. The average Bonchev–Trinajstić information content (AvgIpc) is 2.72. The van der Waals surface area contributed by atoms with Gasteiger partial charge in [-0.3, -0.25) is 10.1 Å². The van der Waals surface area contributed by atoms with Gasteiger partial charge >= 0.3 is 17.6 Å². The maximum absolute atomic E-state index is 12.6. The summed E-state index contributed by atoms with van der Waals surface area (Å²) in [6, 6.07) is 9.13. The van der Waals surface area contributed by atoms with Gasteiger partial charge in [0.2, 0.25) is 0 Å². The van der Waals surface area contributed by atoms with Gasteiger partial charge in [-0.2, -0.15) is 0 Å². The summed E-state index contributed by atoms with van der Waals surface area (Å²) < 4.78 is 15.3. The van der Waals surface area contributed by atoms with E-state index in [2.05, 4.69) is 0 Å². The van der Waals surface area contributed by atoms with E-state index in [4.69, 9.17) is 13.9 Å². The highest BCUT2D eigenvalue weighted by Crippen LogP contribution is 2.25. The predicted molar refractivity (Wildman–Crippen MR) is 106 cm³/mol. The zero-order valence-electron chi connectivity index (χ0n) is 16.2.